The summed E-state index contributed by atoms with van der Waals surface area (Å²) in [5.74, 6) is 0.195. The zero-order valence-corrected chi connectivity index (χ0v) is 13.7. The van der Waals surface area contributed by atoms with Gasteiger partial charge in [0.05, 0.1) is 5.41 Å². The molecule has 0 spiro atoms. The maximum Gasteiger partial charge on any atom is 0.315 e. The summed E-state index contributed by atoms with van der Waals surface area (Å²) in [6.45, 7) is 8.03. The minimum Gasteiger partial charge on any atom is -0.481 e. The average molecular weight is 298 g/mol. The third kappa shape index (κ3) is 4.90. The highest BCUT2D eigenvalue weighted by molar-refractivity contribution is 5.77. The van der Waals surface area contributed by atoms with Crippen LogP contribution in [0.1, 0.15) is 59.8 Å². The first-order valence-electron chi connectivity index (χ1n) is 8.08. The number of carbonyl (C=O) groups is 2. The number of aliphatic carboxylic acids is 1. The molecule has 1 aliphatic rings. The molecule has 0 aromatic carbocycles. The van der Waals surface area contributed by atoms with Gasteiger partial charge in [-0.3, -0.25) is 4.79 Å². The van der Waals surface area contributed by atoms with Crippen molar-refractivity contribution in [3.8, 4) is 0 Å². The van der Waals surface area contributed by atoms with Crippen LogP contribution in [0.25, 0.3) is 0 Å². The van der Waals surface area contributed by atoms with Crippen molar-refractivity contribution < 1.29 is 14.7 Å². The van der Waals surface area contributed by atoms with Crippen LogP contribution in [0, 0.1) is 17.3 Å². The van der Waals surface area contributed by atoms with E-state index in [2.05, 4.69) is 24.5 Å². The molecule has 0 aromatic heterocycles. The molecule has 3 unspecified atom stereocenters. The smallest absolute Gasteiger partial charge is 0.315 e. The van der Waals surface area contributed by atoms with Crippen LogP contribution < -0.4 is 10.6 Å². The van der Waals surface area contributed by atoms with E-state index in [9.17, 15) is 14.7 Å². The van der Waals surface area contributed by atoms with E-state index in [4.69, 9.17) is 0 Å². The second kappa shape index (κ2) is 7.66. The zero-order valence-electron chi connectivity index (χ0n) is 13.7. The maximum absolute atomic E-state index is 12.0. The van der Waals surface area contributed by atoms with Crippen molar-refractivity contribution in [2.45, 2.75) is 65.8 Å². The quantitative estimate of drug-likeness (QED) is 0.705. The third-order valence-electron chi connectivity index (χ3n) is 4.93. The van der Waals surface area contributed by atoms with E-state index in [0.717, 1.165) is 19.3 Å². The fourth-order valence-corrected chi connectivity index (χ4v) is 2.98. The Morgan fingerprint density at radius 3 is 2.43 bits per heavy atom. The summed E-state index contributed by atoms with van der Waals surface area (Å²) in [4.78, 5) is 23.3. The van der Waals surface area contributed by atoms with Crippen LogP contribution in [0.5, 0.6) is 0 Å². The van der Waals surface area contributed by atoms with Crippen molar-refractivity contribution in [1.82, 2.24) is 10.6 Å². The lowest BCUT2D eigenvalue weighted by Crippen LogP contribution is -2.50. The summed E-state index contributed by atoms with van der Waals surface area (Å²) in [5, 5.41) is 15.0. The topological polar surface area (TPSA) is 78.4 Å². The van der Waals surface area contributed by atoms with Crippen molar-refractivity contribution in [3.63, 3.8) is 0 Å². The molecule has 1 rings (SSSR count). The normalized spacial score (nSPS) is 25.2. The van der Waals surface area contributed by atoms with Gasteiger partial charge in [0, 0.05) is 12.6 Å². The molecule has 2 amide bonds. The Kier molecular flexibility index (Phi) is 6.49. The molecule has 5 heteroatoms. The van der Waals surface area contributed by atoms with Crippen molar-refractivity contribution in [1.29, 1.82) is 0 Å². The number of rotatable bonds is 6. The van der Waals surface area contributed by atoms with Gasteiger partial charge in [-0.05, 0) is 38.0 Å². The van der Waals surface area contributed by atoms with Crippen molar-refractivity contribution in [3.05, 3.63) is 0 Å². The summed E-state index contributed by atoms with van der Waals surface area (Å²) >= 11 is 0. The SMILES string of the molecule is CCC(C)(CNC(=O)NC1CCCCC1C(C)C)C(=O)O. The Morgan fingerprint density at radius 2 is 1.90 bits per heavy atom. The molecule has 21 heavy (non-hydrogen) atoms. The molecule has 5 nitrogen and oxygen atoms in total. The van der Waals surface area contributed by atoms with E-state index in [1.165, 1.54) is 6.42 Å². The predicted molar refractivity (Wildman–Crippen MR) is 83.2 cm³/mol. The van der Waals surface area contributed by atoms with E-state index in [-0.39, 0.29) is 18.6 Å². The molecule has 1 saturated carbocycles. The van der Waals surface area contributed by atoms with E-state index >= 15 is 0 Å². The molecule has 0 bridgehead atoms. The Hall–Kier alpha value is -1.26. The standard InChI is InChI=1S/C16H30N2O3/c1-5-16(4,14(19)20)10-17-15(21)18-13-9-7-6-8-12(13)11(2)3/h11-13H,5-10H2,1-4H3,(H,19,20)(H2,17,18,21). The molecular formula is C16H30N2O3. The summed E-state index contributed by atoms with van der Waals surface area (Å²) in [5.41, 5.74) is -0.901. The molecule has 0 aliphatic heterocycles. The molecular weight excluding hydrogens is 268 g/mol. The first-order valence-corrected chi connectivity index (χ1v) is 8.08. The van der Waals surface area contributed by atoms with Crippen LogP contribution in [0.15, 0.2) is 0 Å². The summed E-state index contributed by atoms with van der Waals surface area (Å²) in [6.07, 6.45) is 5.04. The van der Waals surface area contributed by atoms with Gasteiger partial charge in [0.1, 0.15) is 0 Å². The minimum atomic E-state index is -0.901. The Morgan fingerprint density at radius 1 is 1.29 bits per heavy atom. The van der Waals surface area contributed by atoms with E-state index in [1.54, 1.807) is 6.92 Å². The molecule has 1 aliphatic carbocycles. The van der Waals surface area contributed by atoms with Crippen LogP contribution in [0.3, 0.4) is 0 Å². The van der Waals surface area contributed by atoms with Crippen LogP contribution in [0.4, 0.5) is 4.79 Å². The van der Waals surface area contributed by atoms with Crippen LogP contribution in [0.2, 0.25) is 0 Å². The van der Waals surface area contributed by atoms with Gasteiger partial charge in [-0.25, -0.2) is 4.79 Å². The molecule has 3 atom stereocenters. The lowest BCUT2D eigenvalue weighted by molar-refractivity contribution is -0.147. The second-order valence-corrected chi connectivity index (χ2v) is 6.85. The number of carbonyl (C=O) groups excluding carboxylic acids is 1. The molecule has 1 fully saturated rings. The van der Waals surface area contributed by atoms with Gasteiger partial charge in [0.2, 0.25) is 0 Å². The van der Waals surface area contributed by atoms with Crippen LogP contribution in [-0.2, 0) is 4.79 Å². The van der Waals surface area contributed by atoms with Gasteiger partial charge in [0.15, 0.2) is 0 Å². The van der Waals surface area contributed by atoms with Gasteiger partial charge >= 0.3 is 12.0 Å². The number of carboxylic acid groups (broad SMARTS) is 1. The summed E-state index contributed by atoms with van der Waals surface area (Å²) in [6, 6.07) is -0.0371. The Balaban J connectivity index is 2.51. The number of carboxylic acids is 1. The number of hydrogen-bond donors (Lipinski definition) is 3. The van der Waals surface area contributed by atoms with Gasteiger partial charge in [-0.1, -0.05) is 33.6 Å². The lowest BCUT2D eigenvalue weighted by atomic mass is 9.78. The highest BCUT2D eigenvalue weighted by atomic mass is 16.4. The van der Waals surface area contributed by atoms with Gasteiger partial charge in [0.25, 0.3) is 0 Å². The average Bonchev–Trinajstić information content (AvgIpc) is 2.44. The van der Waals surface area contributed by atoms with Gasteiger partial charge in [-0.2, -0.15) is 0 Å². The summed E-state index contributed by atoms with van der Waals surface area (Å²) in [7, 11) is 0. The number of urea groups is 1. The highest BCUT2D eigenvalue weighted by Gasteiger charge is 2.32. The molecule has 3 N–H and O–H groups in total. The van der Waals surface area contributed by atoms with Crippen LogP contribution >= 0.6 is 0 Å². The molecule has 0 aromatic rings. The second-order valence-electron chi connectivity index (χ2n) is 6.85. The first-order chi connectivity index (χ1) is 9.80. The van der Waals surface area contributed by atoms with E-state index in [0.29, 0.717) is 18.3 Å². The lowest BCUT2D eigenvalue weighted by Gasteiger charge is -2.35. The van der Waals surface area contributed by atoms with Gasteiger partial charge < -0.3 is 15.7 Å². The van der Waals surface area contributed by atoms with E-state index in [1.807, 2.05) is 6.92 Å². The molecule has 0 heterocycles. The molecule has 0 radical (unpaired) electrons. The van der Waals surface area contributed by atoms with Crippen molar-refractivity contribution in [2.24, 2.45) is 17.3 Å². The third-order valence-corrected chi connectivity index (χ3v) is 4.93. The summed E-state index contributed by atoms with van der Waals surface area (Å²) < 4.78 is 0. The Bertz CT molecular complexity index is 371. The first kappa shape index (κ1) is 17.8. The largest absolute Gasteiger partial charge is 0.481 e. The van der Waals surface area contributed by atoms with Crippen molar-refractivity contribution >= 4 is 12.0 Å². The predicted octanol–water partition coefficient (Wildman–Crippen LogP) is 3.00. The van der Waals surface area contributed by atoms with E-state index < -0.39 is 11.4 Å². The number of hydrogen-bond acceptors (Lipinski definition) is 2. The maximum atomic E-state index is 12.0. The zero-order chi connectivity index (χ0) is 16.0. The highest BCUT2D eigenvalue weighted by Crippen LogP contribution is 2.30. The number of nitrogens with one attached hydrogen (secondary N) is 2. The molecule has 122 valence electrons. The van der Waals surface area contributed by atoms with Crippen LogP contribution in [-0.4, -0.2) is 29.7 Å². The molecule has 0 saturated heterocycles. The Labute approximate surface area is 127 Å². The van der Waals surface area contributed by atoms with Crippen molar-refractivity contribution in [2.75, 3.05) is 6.54 Å². The number of amides is 2. The van der Waals surface area contributed by atoms with Gasteiger partial charge in [-0.15, -0.1) is 0 Å². The fraction of sp³-hybridized carbons (Fsp3) is 0.875. The monoisotopic (exact) mass is 298 g/mol. The minimum absolute atomic E-state index is 0.156. The fourth-order valence-electron chi connectivity index (χ4n) is 2.98.